The minimum Gasteiger partial charge on any atom is -0.428 e. The van der Waals surface area contributed by atoms with E-state index in [-0.39, 0.29) is 0 Å². The van der Waals surface area contributed by atoms with Crippen LogP contribution in [0, 0.1) is 11.5 Å². The second-order valence-electron chi connectivity index (χ2n) is 4.30. The van der Waals surface area contributed by atoms with Crippen molar-refractivity contribution >= 4 is 0 Å². The second-order valence-corrected chi connectivity index (χ2v) is 4.30. The Kier molecular flexibility index (Phi) is 7.76. The molecule has 0 aliphatic heterocycles. The van der Waals surface area contributed by atoms with E-state index in [0.29, 0.717) is 6.61 Å². The van der Waals surface area contributed by atoms with E-state index in [4.69, 9.17) is 5.26 Å². The van der Waals surface area contributed by atoms with Gasteiger partial charge < -0.3 is 4.74 Å². The number of nitriles is 1. The predicted molar refractivity (Wildman–Crippen MR) is 69.4 cm³/mol. The van der Waals surface area contributed by atoms with Gasteiger partial charge in [-0.05, 0) is 24.8 Å². The Morgan fingerprint density at radius 1 is 0.882 bits per heavy atom. The third-order valence-electron chi connectivity index (χ3n) is 2.87. The summed E-state index contributed by atoms with van der Waals surface area (Å²) in [7, 11) is 0. The van der Waals surface area contributed by atoms with Crippen molar-refractivity contribution in [2.24, 2.45) is 0 Å². The van der Waals surface area contributed by atoms with Crippen molar-refractivity contribution in [3.8, 4) is 6.26 Å². The third-order valence-corrected chi connectivity index (χ3v) is 2.87. The fraction of sp³-hybridized carbons (Fsp3) is 0.533. The first kappa shape index (κ1) is 13.6. The number of benzene rings is 1. The lowest BCUT2D eigenvalue weighted by Gasteiger charge is -2.02. The molecule has 0 radical (unpaired) electrons. The average Bonchev–Trinajstić information content (AvgIpc) is 2.38. The topological polar surface area (TPSA) is 33.0 Å². The van der Waals surface area contributed by atoms with E-state index in [1.165, 1.54) is 44.1 Å². The third kappa shape index (κ3) is 7.41. The van der Waals surface area contributed by atoms with Gasteiger partial charge in [0.1, 0.15) is 6.61 Å². The molecule has 0 atom stereocenters. The van der Waals surface area contributed by atoms with Crippen molar-refractivity contribution in [2.75, 3.05) is 6.61 Å². The molecule has 92 valence electrons. The minimum absolute atomic E-state index is 0.584. The molecular weight excluding hydrogens is 210 g/mol. The smallest absolute Gasteiger partial charge is 0.286 e. The van der Waals surface area contributed by atoms with Crippen molar-refractivity contribution in [2.45, 2.75) is 44.9 Å². The zero-order valence-electron chi connectivity index (χ0n) is 10.4. The van der Waals surface area contributed by atoms with E-state index in [2.05, 4.69) is 35.1 Å². The maximum absolute atomic E-state index is 8.17. The molecule has 2 heteroatoms. The van der Waals surface area contributed by atoms with Crippen LogP contribution in [0.3, 0.4) is 0 Å². The number of hydrogen-bond donors (Lipinski definition) is 0. The summed E-state index contributed by atoms with van der Waals surface area (Å²) in [6, 6.07) is 10.7. The van der Waals surface area contributed by atoms with Gasteiger partial charge in [-0.15, -0.1) is 0 Å². The lowest BCUT2D eigenvalue weighted by molar-refractivity contribution is 0.260. The van der Waals surface area contributed by atoms with E-state index in [9.17, 15) is 0 Å². The first-order chi connectivity index (χ1) is 8.43. The molecular formula is C15H21NO. The van der Waals surface area contributed by atoms with Gasteiger partial charge >= 0.3 is 0 Å². The molecule has 0 spiro atoms. The van der Waals surface area contributed by atoms with Crippen LogP contribution in [-0.4, -0.2) is 6.61 Å². The number of ether oxygens (including phenoxy) is 1. The highest BCUT2D eigenvalue weighted by molar-refractivity contribution is 5.14. The number of nitrogens with zero attached hydrogens (tertiary/aromatic N) is 1. The summed E-state index contributed by atoms with van der Waals surface area (Å²) in [6.07, 6.45) is 10.2. The van der Waals surface area contributed by atoms with Crippen LogP contribution in [0.2, 0.25) is 0 Å². The van der Waals surface area contributed by atoms with Crippen LogP contribution >= 0.6 is 0 Å². The molecule has 0 aliphatic rings. The van der Waals surface area contributed by atoms with Gasteiger partial charge in [0.25, 0.3) is 6.26 Å². The molecule has 1 rings (SSSR count). The van der Waals surface area contributed by atoms with Gasteiger partial charge in [-0.25, -0.2) is 0 Å². The molecule has 17 heavy (non-hydrogen) atoms. The number of unbranched alkanes of at least 4 members (excludes halogenated alkanes) is 5. The summed E-state index contributed by atoms with van der Waals surface area (Å²) >= 11 is 0. The molecule has 0 aliphatic carbocycles. The summed E-state index contributed by atoms with van der Waals surface area (Å²) in [5.41, 5.74) is 1.44. The van der Waals surface area contributed by atoms with Gasteiger partial charge in [0.15, 0.2) is 0 Å². The van der Waals surface area contributed by atoms with E-state index < -0.39 is 0 Å². The minimum atomic E-state index is 0.584. The maximum atomic E-state index is 8.17. The summed E-state index contributed by atoms with van der Waals surface area (Å²) < 4.78 is 4.62. The van der Waals surface area contributed by atoms with Crippen molar-refractivity contribution in [3.05, 3.63) is 35.9 Å². The zero-order valence-corrected chi connectivity index (χ0v) is 10.4. The molecule has 0 unspecified atom stereocenters. The van der Waals surface area contributed by atoms with Crippen molar-refractivity contribution < 1.29 is 4.74 Å². The van der Waals surface area contributed by atoms with Gasteiger partial charge in [-0.2, -0.15) is 5.26 Å². The highest BCUT2D eigenvalue weighted by Gasteiger charge is 1.94. The van der Waals surface area contributed by atoms with Crippen molar-refractivity contribution in [3.63, 3.8) is 0 Å². The lowest BCUT2D eigenvalue weighted by atomic mass is 10.1. The van der Waals surface area contributed by atoms with Crippen molar-refractivity contribution in [1.82, 2.24) is 0 Å². The Hall–Kier alpha value is -1.49. The standard InChI is InChI=1S/C15H21NO/c16-14-17-13-9-4-2-1-3-6-10-15-11-7-5-8-12-15/h5,7-8,11-12H,1-4,6,9-10,13H2. The Morgan fingerprint density at radius 3 is 2.24 bits per heavy atom. The van der Waals surface area contributed by atoms with Crippen LogP contribution in [-0.2, 0) is 11.2 Å². The Bertz CT molecular complexity index is 315. The lowest BCUT2D eigenvalue weighted by Crippen LogP contribution is -1.89. The van der Waals surface area contributed by atoms with Gasteiger partial charge in [0.05, 0.1) is 0 Å². The molecule has 0 amide bonds. The van der Waals surface area contributed by atoms with E-state index >= 15 is 0 Å². The molecule has 1 aromatic carbocycles. The molecule has 2 nitrogen and oxygen atoms in total. The Balaban J connectivity index is 1.87. The summed E-state index contributed by atoms with van der Waals surface area (Å²) in [4.78, 5) is 0. The van der Waals surface area contributed by atoms with Crippen LogP contribution < -0.4 is 0 Å². The van der Waals surface area contributed by atoms with E-state index in [0.717, 1.165) is 6.42 Å². The first-order valence-corrected chi connectivity index (χ1v) is 6.48. The molecule has 0 bridgehead atoms. The molecule has 0 fully saturated rings. The van der Waals surface area contributed by atoms with Crippen LogP contribution in [0.5, 0.6) is 0 Å². The molecule has 0 saturated carbocycles. The fourth-order valence-electron chi connectivity index (χ4n) is 1.90. The highest BCUT2D eigenvalue weighted by Crippen LogP contribution is 2.09. The molecule has 0 heterocycles. The number of rotatable bonds is 9. The van der Waals surface area contributed by atoms with E-state index in [1.807, 2.05) is 0 Å². The zero-order chi connectivity index (χ0) is 12.2. The highest BCUT2D eigenvalue weighted by atomic mass is 16.5. The van der Waals surface area contributed by atoms with Gasteiger partial charge in [0.2, 0.25) is 0 Å². The first-order valence-electron chi connectivity index (χ1n) is 6.48. The van der Waals surface area contributed by atoms with Crippen LogP contribution in [0.25, 0.3) is 0 Å². The molecule has 0 aromatic heterocycles. The number of hydrogen-bond acceptors (Lipinski definition) is 2. The van der Waals surface area contributed by atoms with Crippen LogP contribution in [0.1, 0.15) is 44.1 Å². The largest absolute Gasteiger partial charge is 0.428 e. The Morgan fingerprint density at radius 2 is 1.53 bits per heavy atom. The molecule has 0 N–H and O–H groups in total. The summed E-state index contributed by atoms with van der Waals surface area (Å²) in [5.74, 6) is 0. The Labute approximate surface area is 104 Å². The summed E-state index contributed by atoms with van der Waals surface area (Å²) in [5, 5.41) is 8.17. The van der Waals surface area contributed by atoms with Gasteiger partial charge in [0, 0.05) is 0 Å². The molecule has 1 aromatic rings. The van der Waals surface area contributed by atoms with Gasteiger partial charge in [-0.1, -0.05) is 56.0 Å². The average molecular weight is 231 g/mol. The molecule has 0 saturated heterocycles. The second kappa shape index (κ2) is 9.72. The van der Waals surface area contributed by atoms with Crippen LogP contribution in [0.4, 0.5) is 0 Å². The monoisotopic (exact) mass is 231 g/mol. The normalized spacial score (nSPS) is 9.82. The fourth-order valence-corrected chi connectivity index (χ4v) is 1.90. The number of aryl methyl sites for hydroxylation is 1. The summed E-state index contributed by atoms with van der Waals surface area (Å²) in [6.45, 7) is 0.584. The van der Waals surface area contributed by atoms with Crippen molar-refractivity contribution in [1.29, 1.82) is 5.26 Å². The van der Waals surface area contributed by atoms with Gasteiger partial charge in [-0.3, -0.25) is 0 Å². The predicted octanol–water partition coefficient (Wildman–Crippen LogP) is 4.07. The van der Waals surface area contributed by atoms with E-state index in [1.54, 1.807) is 6.26 Å². The quantitative estimate of drug-likeness (QED) is 0.474. The SMILES string of the molecule is N#COCCCCCCCCc1ccccc1. The maximum Gasteiger partial charge on any atom is 0.286 e. The van der Waals surface area contributed by atoms with Crippen LogP contribution in [0.15, 0.2) is 30.3 Å².